The normalized spacial score (nSPS) is 12.3. The van der Waals surface area contributed by atoms with Crippen LogP contribution in [-0.4, -0.2) is 9.97 Å². The molecule has 2 rings (SSSR count). The van der Waals surface area contributed by atoms with Gasteiger partial charge in [0, 0.05) is 18.0 Å². The van der Waals surface area contributed by atoms with Crippen molar-refractivity contribution in [3.63, 3.8) is 0 Å². The molecule has 0 amide bonds. The van der Waals surface area contributed by atoms with Crippen LogP contribution in [0.5, 0.6) is 0 Å². The highest BCUT2D eigenvalue weighted by Crippen LogP contribution is 2.22. The molecule has 2 aromatic heterocycles. The Labute approximate surface area is 93.5 Å². The predicted octanol–water partition coefficient (Wildman–Crippen LogP) is 0.611. The molecule has 2 heterocycles. The van der Waals surface area contributed by atoms with E-state index in [9.17, 15) is 0 Å². The van der Waals surface area contributed by atoms with E-state index in [4.69, 9.17) is 11.6 Å². The quantitative estimate of drug-likeness (QED) is 0.515. The number of hydrogen-bond donors (Lipinski definition) is 3. The first-order valence-electron chi connectivity index (χ1n) is 4.90. The van der Waals surface area contributed by atoms with Crippen molar-refractivity contribution < 1.29 is 0 Å². The van der Waals surface area contributed by atoms with Crippen LogP contribution in [0, 0.1) is 0 Å². The van der Waals surface area contributed by atoms with Crippen LogP contribution in [0.4, 0.5) is 5.82 Å². The summed E-state index contributed by atoms with van der Waals surface area (Å²) in [6.07, 6.45) is 3.36. The van der Waals surface area contributed by atoms with Gasteiger partial charge in [-0.05, 0) is 18.2 Å². The molecular weight excluding hydrogens is 202 g/mol. The summed E-state index contributed by atoms with van der Waals surface area (Å²) in [7, 11) is 0. The van der Waals surface area contributed by atoms with Crippen LogP contribution in [0.1, 0.15) is 17.3 Å². The monoisotopic (exact) mass is 215 g/mol. The lowest BCUT2D eigenvalue weighted by Gasteiger charge is -2.16. The highest BCUT2D eigenvalue weighted by atomic mass is 15.2. The number of anilines is 1. The van der Waals surface area contributed by atoms with Gasteiger partial charge in [0.15, 0.2) is 0 Å². The van der Waals surface area contributed by atoms with Crippen molar-refractivity contribution in [2.45, 2.75) is 6.04 Å². The Bertz CT molecular complexity index is 457. The number of nitrogen functional groups attached to an aromatic ring is 1. The van der Waals surface area contributed by atoms with Gasteiger partial charge < -0.3 is 5.73 Å². The molecule has 5 heteroatoms. The zero-order valence-electron chi connectivity index (χ0n) is 8.67. The highest BCUT2D eigenvalue weighted by Gasteiger charge is 2.16. The third-order valence-corrected chi connectivity index (χ3v) is 2.33. The van der Waals surface area contributed by atoms with Gasteiger partial charge in [-0.15, -0.1) is 0 Å². The molecule has 1 atom stereocenters. The Hall–Kier alpha value is -1.98. The first-order valence-corrected chi connectivity index (χ1v) is 4.90. The maximum atomic E-state index is 5.80. The average molecular weight is 215 g/mol. The summed E-state index contributed by atoms with van der Waals surface area (Å²) in [5, 5.41) is 0. The summed E-state index contributed by atoms with van der Waals surface area (Å²) in [5.41, 5.74) is 10.1. The molecule has 0 saturated heterocycles. The van der Waals surface area contributed by atoms with Gasteiger partial charge in [-0.25, -0.2) is 10.4 Å². The zero-order chi connectivity index (χ0) is 11.4. The van der Waals surface area contributed by atoms with Gasteiger partial charge in [0.2, 0.25) is 0 Å². The van der Waals surface area contributed by atoms with E-state index < -0.39 is 0 Å². The number of aromatic nitrogens is 2. The van der Waals surface area contributed by atoms with Crippen molar-refractivity contribution >= 4 is 5.82 Å². The average Bonchev–Trinajstić information content (AvgIpc) is 2.34. The van der Waals surface area contributed by atoms with Crippen molar-refractivity contribution in [3.8, 4) is 0 Å². The van der Waals surface area contributed by atoms with E-state index in [0.29, 0.717) is 5.82 Å². The maximum absolute atomic E-state index is 5.80. The fourth-order valence-corrected chi connectivity index (χ4v) is 1.56. The van der Waals surface area contributed by atoms with Gasteiger partial charge in [0.1, 0.15) is 5.82 Å². The van der Waals surface area contributed by atoms with Gasteiger partial charge in [-0.3, -0.25) is 10.8 Å². The molecule has 0 aromatic carbocycles. The van der Waals surface area contributed by atoms with Crippen molar-refractivity contribution in [1.82, 2.24) is 15.4 Å². The third-order valence-electron chi connectivity index (χ3n) is 2.33. The Balaban J connectivity index is 2.41. The molecule has 0 radical (unpaired) electrons. The minimum Gasteiger partial charge on any atom is -0.383 e. The first-order chi connectivity index (χ1) is 7.83. The lowest BCUT2D eigenvalue weighted by molar-refractivity contribution is 0.620. The van der Waals surface area contributed by atoms with E-state index >= 15 is 0 Å². The van der Waals surface area contributed by atoms with Crippen molar-refractivity contribution in [3.05, 3.63) is 54.0 Å². The third kappa shape index (κ3) is 2.00. The number of hydrazine groups is 1. The van der Waals surface area contributed by atoms with Gasteiger partial charge in [0.05, 0.1) is 11.7 Å². The number of nitrogens with zero attached hydrogens (tertiary/aromatic N) is 2. The molecule has 0 saturated carbocycles. The van der Waals surface area contributed by atoms with Crippen LogP contribution in [0.3, 0.4) is 0 Å². The van der Waals surface area contributed by atoms with Crippen molar-refractivity contribution in [1.29, 1.82) is 0 Å². The van der Waals surface area contributed by atoms with Gasteiger partial charge in [-0.1, -0.05) is 12.1 Å². The SMILES string of the molecule is NNC(c1ccccn1)c1cccnc1N. The Morgan fingerprint density at radius 2 is 1.88 bits per heavy atom. The molecule has 2 aromatic rings. The number of nitrogens with one attached hydrogen (secondary N) is 1. The van der Waals surface area contributed by atoms with Crippen LogP contribution in [0.25, 0.3) is 0 Å². The van der Waals surface area contributed by atoms with Crippen LogP contribution in [0.2, 0.25) is 0 Å². The minimum atomic E-state index is -0.241. The second-order valence-electron chi connectivity index (χ2n) is 3.33. The molecule has 0 aliphatic carbocycles. The molecule has 0 fully saturated rings. The standard InChI is InChI=1S/C11H13N5/c12-11-8(4-3-7-15-11)10(16-13)9-5-1-2-6-14-9/h1-7,10,16H,13H2,(H2,12,15). The van der Waals surface area contributed by atoms with Crippen LogP contribution < -0.4 is 17.0 Å². The van der Waals surface area contributed by atoms with E-state index in [0.717, 1.165) is 11.3 Å². The number of hydrogen-bond acceptors (Lipinski definition) is 5. The fraction of sp³-hybridized carbons (Fsp3) is 0.0909. The van der Waals surface area contributed by atoms with Crippen LogP contribution in [-0.2, 0) is 0 Å². The van der Waals surface area contributed by atoms with Crippen molar-refractivity contribution in [2.24, 2.45) is 5.84 Å². The van der Waals surface area contributed by atoms with E-state index in [1.165, 1.54) is 0 Å². The lowest BCUT2D eigenvalue weighted by Crippen LogP contribution is -2.30. The van der Waals surface area contributed by atoms with E-state index in [1.54, 1.807) is 12.4 Å². The maximum Gasteiger partial charge on any atom is 0.128 e. The molecule has 1 unspecified atom stereocenters. The molecule has 5 N–H and O–H groups in total. The second kappa shape index (κ2) is 4.69. The highest BCUT2D eigenvalue weighted by molar-refractivity contribution is 5.44. The fourth-order valence-electron chi connectivity index (χ4n) is 1.56. The Kier molecular flexibility index (Phi) is 3.09. The van der Waals surface area contributed by atoms with E-state index in [1.807, 2.05) is 30.3 Å². The van der Waals surface area contributed by atoms with Gasteiger partial charge in [-0.2, -0.15) is 0 Å². The van der Waals surface area contributed by atoms with Gasteiger partial charge in [0.25, 0.3) is 0 Å². The molecule has 16 heavy (non-hydrogen) atoms. The van der Waals surface area contributed by atoms with E-state index in [2.05, 4.69) is 15.4 Å². The number of rotatable bonds is 3. The summed E-state index contributed by atoms with van der Waals surface area (Å²) < 4.78 is 0. The summed E-state index contributed by atoms with van der Waals surface area (Å²) in [4.78, 5) is 8.27. The zero-order valence-corrected chi connectivity index (χ0v) is 8.67. The largest absolute Gasteiger partial charge is 0.383 e. The smallest absolute Gasteiger partial charge is 0.128 e. The summed E-state index contributed by atoms with van der Waals surface area (Å²) >= 11 is 0. The summed E-state index contributed by atoms with van der Waals surface area (Å²) in [6.45, 7) is 0. The minimum absolute atomic E-state index is 0.241. The van der Waals surface area contributed by atoms with Gasteiger partial charge >= 0.3 is 0 Å². The Morgan fingerprint density at radius 3 is 2.50 bits per heavy atom. The second-order valence-corrected chi connectivity index (χ2v) is 3.33. The van der Waals surface area contributed by atoms with Crippen molar-refractivity contribution in [2.75, 3.05) is 5.73 Å². The Morgan fingerprint density at radius 1 is 1.06 bits per heavy atom. The van der Waals surface area contributed by atoms with Crippen LogP contribution >= 0.6 is 0 Å². The number of pyridine rings is 2. The van der Waals surface area contributed by atoms with Crippen LogP contribution in [0.15, 0.2) is 42.7 Å². The predicted molar refractivity (Wildman–Crippen MR) is 62.1 cm³/mol. The molecule has 0 aliphatic rings. The molecule has 82 valence electrons. The van der Waals surface area contributed by atoms with E-state index in [-0.39, 0.29) is 6.04 Å². The molecule has 0 bridgehead atoms. The molecule has 0 aliphatic heterocycles. The molecule has 5 nitrogen and oxygen atoms in total. The topological polar surface area (TPSA) is 89.8 Å². The molecular formula is C11H13N5. The summed E-state index contributed by atoms with van der Waals surface area (Å²) in [5.74, 6) is 5.99. The lowest BCUT2D eigenvalue weighted by atomic mass is 10.0. The first kappa shape index (κ1) is 10.5. The summed E-state index contributed by atoms with van der Waals surface area (Å²) in [6, 6.07) is 9.09. The molecule has 0 spiro atoms. The number of nitrogens with two attached hydrogens (primary N) is 2.